The quantitative estimate of drug-likeness (QED) is 0.126. The van der Waals surface area contributed by atoms with Crippen LogP contribution in [0.25, 0.3) is 86.2 Å². The summed E-state index contributed by atoms with van der Waals surface area (Å²) in [5, 5.41) is 21.8. The zero-order chi connectivity index (χ0) is 29.7. The van der Waals surface area contributed by atoms with Gasteiger partial charge in [0.05, 0.1) is 0 Å². The molecule has 0 aromatic heterocycles. The summed E-state index contributed by atoms with van der Waals surface area (Å²) in [6, 6.07) is 52.9. The van der Waals surface area contributed by atoms with Gasteiger partial charge in [-0.25, -0.2) is 0 Å². The summed E-state index contributed by atoms with van der Waals surface area (Å²) < 4.78 is 0. The van der Waals surface area contributed by atoms with Crippen molar-refractivity contribution in [3.05, 3.63) is 170 Å². The van der Waals surface area contributed by atoms with E-state index in [1.165, 1.54) is 86.2 Å². The van der Waals surface area contributed by atoms with Gasteiger partial charge in [0, 0.05) is 0 Å². The standard InChI is InChI=1S/2C20H12.C5H6/c2*1-5-13-6-2-11-17-18-12-4-8-14-7-3-10-16(20(14)18)15(9-1)19(13)17;1-2-4-5-3-1/h2*1-12H;1-4H,5H2. The maximum absolute atomic E-state index is 2.25. The molecule has 0 nitrogen and oxygen atoms in total. The van der Waals surface area contributed by atoms with Gasteiger partial charge in [-0.2, -0.15) is 0 Å². The summed E-state index contributed by atoms with van der Waals surface area (Å²) in [5.41, 5.74) is 0. The van der Waals surface area contributed by atoms with Crippen molar-refractivity contribution in [2.45, 2.75) is 6.42 Å². The van der Waals surface area contributed by atoms with Crippen molar-refractivity contribution in [3.8, 4) is 0 Å². The van der Waals surface area contributed by atoms with Gasteiger partial charge in [0.1, 0.15) is 0 Å². The monoisotopic (exact) mass is 570 g/mol. The minimum Gasteiger partial charge on any atom is -0.0808 e. The van der Waals surface area contributed by atoms with Crippen LogP contribution in [0.4, 0.5) is 0 Å². The largest absolute Gasteiger partial charge is 0.0808 e. The molecule has 0 heteroatoms. The second-order valence-electron chi connectivity index (χ2n) is 11.9. The lowest BCUT2D eigenvalue weighted by Crippen LogP contribution is -1.85. The minimum absolute atomic E-state index is 1.14. The van der Waals surface area contributed by atoms with Crippen LogP contribution in [0, 0.1) is 0 Å². The molecule has 0 aliphatic heterocycles. The first-order chi connectivity index (χ1) is 22.4. The molecule has 11 rings (SSSR count). The number of allylic oxidation sites excluding steroid dienone is 4. The molecule has 0 unspecified atom stereocenters. The smallest absolute Gasteiger partial charge is 0.00264 e. The van der Waals surface area contributed by atoms with E-state index in [4.69, 9.17) is 0 Å². The molecule has 0 saturated heterocycles. The van der Waals surface area contributed by atoms with Crippen LogP contribution in [0.5, 0.6) is 0 Å². The highest BCUT2D eigenvalue weighted by molar-refractivity contribution is 6.34. The Labute approximate surface area is 261 Å². The topological polar surface area (TPSA) is 0 Å². The van der Waals surface area contributed by atoms with Gasteiger partial charge in [-0.3, -0.25) is 0 Å². The third kappa shape index (κ3) is 4.07. The Kier molecular flexibility index (Phi) is 5.99. The molecule has 45 heavy (non-hydrogen) atoms. The van der Waals surface area contributed by atoms with Crippen LogP contribution >= 0.6 is 0 Å². The maximum Gasteiger partial charge on any atom is -0.00264 e. The highest BCUT2D eigenvalue weighted by atomic mass is 14.2. The van der Waals surface area contributed by atoms with E-state index in [1.807, 2.05) is 0 Å². The number of benzene rings is 10. The van der Waals surface area contributed by atoms with Crippen LogP contribution in [0.15, 0.2) is 170 Å². The molecule has 10 aromatic rings. The molecule has 0 N–H and O–H groups in total. The summed E-state index contributed by atoms with van der Waals surface area (Å²) in [6.07, 6.45) is 9.50. The second kappa shape index (κ2) is 10.5. The van der Waals surface area contributed by atoms with Crippen molar-refractivity contribution in [1.82, 2.24) is 0 Å². The Morgan fingerprint density at radius 3 is 0.600 bits per heavy atom. The predicted octanol–water partition coefficient (Wildman–Crippen LogP) is 13.0. The summed E-state index contributed by atoms with van der Waals surface area (Å²) in [4.78, 5) is 0. The second-order valence-corrected chi connectivity index (χ2v) is 11.9. The molecule has 0 spiro atoms. The summed E-state index contributed by atoms with van der Waals surface area (Å²) in [7, 11) is 0. The van der Waals surface area contributed by atoms with Gasteiger partial charge in [0.15, 0.2) is 0 Å². The van der Waals surface area contributed by atoms with E-state index in [1.54, 1.807) is 0 Å². The van der Waals surface area contributed by atoms with Crippen molar-refractivity contribution in [2.24, 2.45) is 0 Å². The molecule has 1 aliphatic carbocycles. The van der Waals surface area contributed by atoms with Crippen LogP contribution in [-0.2, 0) is 0 Å². The molecule has 0 radical (unpaired) electrons. The van der Waals surface area contributed by atoms with E-state index in [-0.39, 0.29) is 0 Å². The lowest BCUT2D eigenvalue weighted by molar-refractivity contribution is 1.45. The van der Waals surface area contributed by atoms with Crippen LogP contribution in [0.2, 0.25) is 0 Å². The molecular formula is C45H30. The average molecular weight is 571 g/mol. The van der Waals surface area contributed by atoms with Crippen LogP contribution < -0.4 is 0 Å². The van der Waals surface area contributed by atoms with Crippen LogP contribution in [0.1, 0.15) is 6.42 Å². The van der Waals surface area contributed by atoms with E-state index >= 15 is 0 Å². The molecule has 0 amide bonds. The average Bonchev–Trinajstić information content (AvgIpc) is 3.70. The van der Waals surface area contributed by atoms with Gasteiger partial charge >= 0.3 is 0 Å². The SMILES string of the molecule is C1=CCC=C1.c1cc2cccc3c4cccc5cccc(c(c1)c23)c54.c1cc2cccc3c4cccc5cccc(c(c1)c23)c54. The Bertz CT molecular complexity index is 2190. The highest BCUT2D eigenvalue weighted by Gasteiger charge is 2.12. The van der Waals surface area contributed by atoms with Gasteiger partial charge in [0.25, 0.3) is 0 Å². The fourth-order valence-electron chi connectivity index (χ4n) is 7.55. The Hall–Kier alpha value is -5.72. The van der Waals surface area contributed by atoms with E-state index in [0.29, 0.717) is 0 Å². The van der Waals surface area contributed by atoms with Crippen molar-refractivity contribution in [1.29, 1.82) is 0 Å². The van der Waals surface area contributed by atoms with E-state index in [0.717, 1.165) is 6.42 Å². The minimum atomic E-state index is 1.14. The lowest BCUT2D eigenvalue weighted by Gasteiger charge is -2.13. The number of hydrogen-bond acceptors (Lipinski definition) is 0. The predicted molar refractivity (Wildman–Crippen MR) is 198 cm³/mol. The normalized spacial score (nSPS) is 12.6. The summed E-state index contributed by atoms with van der Waals surface area (Å²) in [5.74, 6) is 0. The lowest BCUT2D eigenvalue weighted by atomic mass is 9.90. The molecule has 0 atom stereocenters. The Morgan fingerprint density at radius 2 is 0.444 bits per heavy atom. The molecule has 0 heterocycles. The molecule has 10 aromatic carbocycles. The molecule has 210 valence electrons. The van der Waals surface area contributed by atoms with E-state index < -0.39 is 0 Å². The molecule has 0 saturated carbocycles. The van der Waals surface area contributed by atoms with Gasteiger partial charge in [-0.05, 0) is 92.6 Å². The van der Waals surface area contributed by atoms with Crippen molar-refractivity contribution in [3.63, 3.8) is 0 Å². The van der Waals surface area contributed by atoms with E-state index in [9.17, 15) is 0 Å². The first-order valence-corrected chi connectivity index (χ1v) is 15.8. The fraction of sp³-hybridized carbons (Fsp3) is 0.0222. The maximum atomic E-state index is 2.25. The third-order valence-electron chi connectivity index (χ3n) is 9.43. The zero-order valence-electron chi connectivity index (χ0n) is 24.9. The fourth-order valence-corrected chi connectivity index (χ4v) is 7.55. The third-order valence-corrected chi connectivity index (χ3v) is 9.43. The Balaban J connectivity index is 0.000000108. The number of rotatable bonds is 0. The van der Waals surface area contributed by atoms with Gasteiger partial charge in [-0.15, -0.1) is 0 Å². The first-order valence-electron chi connectivity index (χ1n) is 15.8. The van der Waals surface area contributed by atoms with Gasteiger partial charge < -0.3 is 0 Å². The van der Waals surface area contributed by atoms with E-state index in [2.05, 4.69) is 170 Å². The van der Waals surface area contributed by atoms with Crippen LogP contribution in [0.3, 0.4) is 0 Å². The van der Waals surface area contributed by atoms with Crippen molar-refractivity contribution >= 4 is 86.2 Å². The molecule has 1 aliphatic rings. The van der Waals surface area contributed by atoms with Crippen molar-refractivity contribution in [2.75, 3.05) is 0 Å². The molecular weight excluding hydrogens is 540 g/mol. The highest BCUT2D eigenvalue weighted by Crippen LogP contribution is 2.41. The molecule has 0 fully saturated rings. The van der Waals surface area contributed by atoms with Gasteiger partial charge in [-0.1, -0.05) is 170 Å². The number of fused-ring (bicyclic) bond motifs is 4. The van der Waals surface area contributed by atoms with Gasteiger partial charge in [0.2, 0.25) is 0 Å². The molecule has 0 bridgehead atoms. The number of hydrogen-bond donors (Lipinski definition) is 0. The van der Waals surface area contributed by atoms with Crippen LogP contribution in [-0.4, -0.2) is 0 Å². The zero-order valence-corrected chi connectivity index (χ0v) is 24.9. The summed E-state index contributed by atoms with van der Waals surface area (Å²) >= 11 is 0. The summed E-state index contributed by atoms with van der Waals surface area (Å²) in [6.45, 7) is 0. The van der Waals surface area contributed by atoms with Crippen molar-refractivity contribution < 1.29 is 0 Å². The first kappa shape index (κ1) is 25.7. The Morgan fingerprint density at radius 1 is 0.244 bits per heavy atom.